The van der Waals surface area contributed by atoms with Crippen molar-refractivity contribution in [3.8, 4) is 0 Å². The van der Waals surface area contributed by atoms with E-state index < -0.39 is 12.0 Å². The molecule has 0 rings (SSSR count). The second-order valence-corrected chi connectivity index (χ2v) is 14.4. The van der Waals surface area contributed by atoms with Gasteiger partial charge in [-0.1, -0.05) is 133 Å². The van der Waals surface area contributed by atoms with E-state index in [2.05, 4.69) is 67.8 Å². The van der Waals surface area contributed by atoms with Gasteiger partial charge in [-0.25, -0.2) is 4.79 Å². The minimum Gasteiger partial charge on any atom is -0.464 e. The van der Waals surface area contributed by atoms with Crippen LogP contribution in [0.4, 0.5) is 0 Å². The monoisotopic (exact) mass is 728 g/mol. The van der Waals surface area contributed by atoms with Crippen molar-refractivity contribution in [2.45, 2.75) is 206 Å². The van der Waals surface area contributed by atoms with Crippen molar-refractivity contribution in [3.63, 3.8) is 0 Å². The minimum absolute atomic E-state index is 0.113. The lowest BCUT2D eigenvalue weighted by atomic mass is 10.0. The topological polar surface area (TPSA) is 81.7 Å². The summed E-state index contributed by atoms with van der Waals surface area (Å²) in [5, 5.41) is 2.90. The molecule has 6 heteroatoms. The summed E-state index contributed by atoms with van der Waals surface area (Å²) in [7, 11) is 1.66. The fraction of sp³-hybridized carbons (Fsp3) is 0.761. The molecule has 0 heterocycles. The van der Waals surface area contributed by atoms with Crippen molar-refractivity contribution < 1.29 is 23.9 Å². The van der Waals surface area contributed by atoms with E-state index in [-0.39, 0.29) is 18.1 Å². The Kier molecular flexibility index (Phi) is 39.3. The number of carbonyl (C=O) groups excluding carboxylic acids is 3. The van der Waals surface area contributed by atoms with Gasteiger partial charge in [0.2, 0.25) is 5.91 Å². The van der Waals surface area contributed by atoms with Gasteiger partial charge in [0.15, 0.2) is 0 Å². The molecule has 1 amide bonds. The highest BCUT2D eigenvalue weighted by Gasteiger charge is 2.23. The van der Waals surface area contributed by atoms with Crippen molar-refractivity contribution in [3.05, 3.63) is 48.6 Å². The van der Waals surface area contributed by atoms with E-state index in [1.54, 1.807) is 7.11 Å². The van der Waals surface area contributed by atoms with Gasteiger partial charge < -0.3 is 14.8 Å². The molecule has 0 aliphatic rings. The molecular formula is C46H81NO5. The van der Waals surface area contributed by atoms with Crippen molar-refractivity contribution in [2.75, 3.05) is 20.3 Å². The molecule has 0 aromatic heterocycles. The lowest BCUT2D eigenvalue weighted by Gasteiger charge is -2.18. The number of methoxy groups -OCH3 is 1. The number of hydrogen-bond donors (Lipinski definition) is 1. The number of hydrogen-bond acceptors (Lipinski definition) is 5. The van der Waals surface area contributed by atoms with Crippen LogP contribution in [0.15, 0.2) is 48.6 Å². The van der Waals surface area contributed by atoms with Crippen molar-refractivity contribution >= 4 is 17.7 Å². The number of ketones is 1. The van der Waals surface area contributed by atoms with Crippen LogP contribution in [0.3, 0.4) is 0 Å². The van der Waals surface area contributed by atoms with E-state index in [0.717, 1.165) is 83.5 Å². The van der Waals surface area contributed by atoms with Crippen LogP contribution >= 0.6 is 0 Å². The molecule has 0 fully saturated rings. The first-order chi connectivity index (χ1) is 25.5. The highest BCUT2D eigenvalue weighted by Crippen LogP contribution is 2.12. The molecule has 300 valence electrons. The summed E-state index contributed by atoms with van der Waals surface area (Å²) in [6.45, 7) is 5.47. The number of rotatable bonds is 39. The molecule has 1 atom stereocenters. The average molecular weight is 728 g/mol. The predicted molar refractivity (Wildman–Crippen MR) is 222 cm³/mol. The Labute approximate surface area is 321 Å². The quantitative estimate of drug-likeness (QED) is 0.0387. The summed E-state index contributed by atoms with van der Waals surface area (Å²) in [5.74, 6) is -0.431. The summed E-state index contributed by atoms with van der Waals surface area (Å²) >= 11 is 0. The van der Waals surface area contributed by atoms with Crippen LogP contribution in [0, 0.1) is 0 Å². The Morgan fingerprint density at radius 2 is 0.942 bits per heavy atom. The third-order valence-electron chi connectivity index (χ3n) is 9.33. The van der Waals surface area contributed by atoms with Gasteiger partial charge in [-0.3, -0.25) is 9.59 Å². The standard InChI is InChI=1S/C46H81NO5/c1-4-6-8-10-12-14-16-18-20-22-24-26-28-30-32-35-42-52-46(50)44(40-39-43(48)37-34-36-41-51-3)47-45(49)38-33-31-29-27-25-23-21-19-17-15-13-11-9-7-5-2/h12-15,18-21,44H,4-11,16-17,22-42H2,1-3H3,(H,47,49)/b14-12-,15-13-,20-18-,21-19-. The van der Waals surface area contributed by atoms with Gasteiger partial charge in [0.25, 0.3) is 0 Å². The Morgan fingerprint density at radius 3 is 1.46 bits per heavy atom. The maximum Gasteiger partial charge on any atom is 0.328 e. The van der Waals surface area contributed by atoms with Crippen LogP contribution in [0.5, 0.6) is 0 Å². The smallest absolute Gasteiger partial charge is 0.328 e. The Balaban J connectivity index is 4.26. The fourth-order valence-electron chi connectivity index (χ4n) is 5.97. The number of ether oxygens (including phenoxy) is 2. The highest BCUT2D eigenvalue weighted by molar-refractivity contribution is 5.85. The average Bonchev–Trinajstić information content (AvgIpc) is 3.14. The summed E-state index contributed by atoms with van der Waals surface area (Å²) < 4.78 is 10.7. The molecule has 0 saturated carbocycles. The molecule has 0 aliphatic carbocycles. The second kappa shape index (κ2) is 41.3. The van der Waals surface area contributed by atoms with Gasteiger partial charge in [0, 0.05) is 33.0 Å². The number of unbranched alkanes of at least 4 members (excludes halogenated alkanes) is 18. The SMILES string of the molecule is CCCCC/C=C\C/C=C\CCCCCCCCOC(=O)C(CCC(=O)CCCCOC)NC(=O)CCCCCCC/C=C\C/C=C\CCCCC. The molecule has 1 unspecified atom stereocenters. The van der Waals surface area contributed by atoms with Crippen LogP contribution < -0.4 is 5.32 Å². The van der Waals surface area contributed by atoms with Crippen LogP contribution in [-0.2, 0) is 23.9 Å². The number of nitrogens with one attached hydrogen (secondary N) is 1. The largest absolute Gasteiger partial charge is 0.464 e. The van der Waals surface area contributed by atoms with Gasteiger partial charge in [-0.15, -0.1) is 0 Å². The van der Waals surface area contributed by atoms with Crippen LogP contribution in [-0.4, -0.2) is 44.0 Å². The summed E-state index contributed by atoms with van der Waals surface area (Å²) in [4.78, 5) is 38.2. The van der Waals surface area contributed by atoms with Gasteiger partial charge in [0.1, 0.15) is 11.8 Å². The Morgan fingerprint density at radius 1 is 0.500 bits per heavy atom. The molecule has 0 aliphatic heterocycles. The van der Waals surface area contributed by atoms with Gasteiger partial charge in [0.05, 0.1) is 6.61 Å². The molecule has 0 aromatic carbocycles. The molecular weight excluding hydrogens is 647 g/mol. The summed E-state index contributed by atoms with van der Waals surface area (Å²) in [5.41, 5.74) is 0. The molecule has 0 bridgehead atoms. The summed E-state index contributed by atoms with van der Waals surface area (Å²) in [6, 6.07) is -0.766. The van der Waals surface area contributed by atoms with Crippen molar-refractivity contribution in [2.24, 2.45) is 0 Å². The van der Waals surface area contributed by atoms with Crippen LogP contribution in [0.1, 0.15) is 200 Å². The molecule has 52 heavy (non-hydrogen) atoms. The predicted octanol–water partition coefficient (Wildman–Crippen LogP) is 12.8. The number of amides is 1. The zero-order valence-electron chi connectivity index (χ0n) is 34.2. The first-order valence-corrected chi connectivity index (χ1v) is 21.6. The number of allylic oxidation sites excluding steroid dienone is 8. The first-order valence-electron chi connectivity index (χ1n) is 21.6. The fourth-order valence-corrected chi connectivity index (χ4v) is 5.97. The minimum atomic E-state index is -0.766. The van der Waals surface area contributed by atoms with E-state index in [0.29, 0.717) is 32.5 Å². The lowest BCUT2D eigenvalue weighted by Crippen LogP contribution is -2.42. The Bertz CT molecular complexity index is 937. The van der Waals surface area contributed by atoms with Crippen LogP contribution in [0.25, 0.3) is 0 Å². The van der Waals surface area contributed by atoms with Crippen molar-refractivity contribution in [1.82, 2.24) is 5.32 Å². The van der Waals surface area contributed by atoms with E-state index in [9.17, 15) is 14.4 Å². The number of esters is 1. The number of Topliss-reactive ketones (excluding diaryl/α,β-unsaturated/α-hetero) is 1. The molecule has 6 nitrogen and oxygen atoms in total. The maximum absolute atomic E-state index is 13.0. The first kappa shape index (κ1) is 49.5. The maximum atomic E-state index is 13.0. The van der Waals surface area contributed by atoms with Gasteiger partial charge in [-0.05, 0) is 96.3 Å². The van der Waals surface area contributed by atoms with E-state index in [1.165, 1.54) is 77.0 Å². The molecule has 0 radical (unpaired) electrons. The van der Waals surface area contributed by atoms with E-state index >= 15 is 0 Å². The molecule has 0 saturated heterocycles. The molecule has 1 N–H and O–H groups in total. The number of carbonyl (C=O) groups is 3. The molecule has 0 spiro atoms. The third-order valence-corrected chi connectivity index (χ3v) is 9.33. The lowest BCUT2D eigenvalue weighted by molar-refractivity contribution is -0.148. The van der Waals surface area contributed by atoms with Gasteiger partial charge >= 0.3 is 5.97 Å². The highest BCUT2D eigenvalue weighted by atomic mass is 16.5. The zero-order valence-corrected chi connectivity index (χ0v) is 34.2. The molecule has 0 aromatic rings. The normalized spacial score (nSPS) is 12.5. The van der Waals surface area contributed by atoms with E-state index in [1.807, 2.05) is 0 Å². The van der Waals surface area contributed by atoms with Crippen molar-refractivity contribution in [1.29, 1.82) is 0 Å². The van der Waals surface area contributed by atoms with Crippen LogP contribution in [0.2, 0.25) is 0 Å². The Hall–Kier alpha value is -2.47. The summed E-state index contributed by atoms with van der Waals surface area (Å²) in [6.07, 6.45) is 47.6. The third kappa shape index (κ3) is 37.3. The van der Waals surface area contributed by atoms with Gasteiger partial charge in [-0.2, -0.15) is 0 Å². The van der Waals surface area contributed by atoms with E-state index in [4.69, 9.17) is 9.47 Å². The second-order valence-electron chi connectivity index (χ2n) is 14.4. The zero-order chi connectivity index (χ0) is 38.0.